The molecule has 1 nitrogen and oxygen atoms in total. The Bertz CT molecular complexity index is 327. The van der Waals surface area contributed by atoms with Crippen molar-refractivity contribution < 1.29 is 9.18 Å². The molecule has 0 N–H and O–H groups in total. The molecule has 0 aliphatic rings. The van der Waals surface area contributed by atoms with E-state index in [9.17, 15) is 9.18 Å². The predicted molar refractivity (Wildman–Crippen MR) is 56.8 cm³/mol. The normalized spacial score (nSPS) is 10.1. The summed E-state index contributed by atoms with van der Waals surface area (Å²) >= 11 is 4.63. The van der Waals surface area contributed by atoms with Gasteiger partial charge < -0.3 is 0 Å². The van der Waals surface area contributed by atoms with Crippen LogP contribution in [0.25, 0.3) is 0 Å². The molecular weight excluding hydrogens is 255 g/mol. The van der Waals surface area contributed by atoms with Crippen LogP contribution in [-0.2, 0) is 0 Å². The maximum Gasteiger partial charge on any atom is 0.173 e. The zero-order chi connectivity index (χ0) is 9.84. The SMILES string of the molecule is CSCC(=O)c1cc(F)ccc1Br. The number of thioether (sulfide) groups is 1. The summed E-state index contributed by atoms with van der Waals surface area (Å²) in [5.41, 5.74) is 0.411. The zero-order valence-corrected chi connectivity index (χ0v) is 9.41. The van der Waals surface area contributed by atoms with Crippen molar-refractivity contribution in [1.82, 2.24) is 0 Å². The molecule has 1 aromatic carbocycles. The molecule has 0 spiro atoms. The number of hydrogen-bond donors (Lipinski definition) is 0. The molecule has 70 valence electrons. The van der Waals surface area contributed by atoms with Gasteiger partial charge in [-0.05, 0) is 24.5 Å². The first-order valence-electron chi connectivity index (χ1n) is 3.62. The van der Waals surface area contributed by atoms with Gasteiger partial charge in [0.15, 0.2) is 5.78 Å². The van der Waals surface area contributed by atoms with E-state index in [-0.39, 0.29) is 11.6 Å². The van der Waals surface area contributed by atoms with Gasteiger partial charge in [0, 0.05) is 10.0 Å². The molecule has 0 aliphatic carbocycles. The van der Waals surface area contributed by atoms with Gasteiger partial charge in [-0.2, -0.15) is 11.8 Å². The molecule has 0 radical (unpaired) electrons. The number of benzene rings is 1. The van der Waals surface area contributed by atoms with Crippen LogP contribution in [0.2, 0.25) is 0 Å². The van der Waals surface area contributed by atoms with Gasteiger partial charge in [-0.15, -0.1) is 0 Å². The molecule has 0 bridgehead atoms. The maximum atomic E-state index is 12.8. The Morgan fingerprint density at radius 2 is 2.31 bits per heavy atom. The average molecular weight is 263 g/mol. The van der Waals surface area contributed by atoms with Crippen molar-refractivity contribution in [3.05, 3.63) is 34.1 Å². The molecule has 0 aliphatic heterocycles. The van der Waals surface area contributed by atoms with Crippen LogP contribution in [0.15, 0.2) is 22.7 Å². The van der Waals surface area contributed by atoms with Crippen LogP contribution >= 0.6 is 27.7 Å². The third kappa shape index (κ3) is 2.81. The zero-order valence-electron chi connectivity index (χ0n) is 7.01. The fourth-order valence-corrected chi connectivity index (χ4v) is 1.81. The number of carbonyl (C=O) groups excluding carboxylic acids is 1. The van der Waals surface area contributed by atoms with Crippen LogP contribution in [0, 0.1) is 5.82 Å². The van der Waals surface area contributed by atoms with Gasteiger partial charge in [-0.3, -0.25) is 4.79 Å². The minimum atomic E-state index is -0.382. The number of carbonyl (C=O) groups is 1. The van der Waals surface area contributed by atoms with Gasteiger partial charge in [0.05, 0.1) is 5.75 Å². The second kappa shape index (κ2) is 4.77. The van der Waals surface area contributed by atoms with Gasteiger partial charge in [-0.25, -0.2) is 4.39 Å². The smallest absolute Gasteiger partial charge is 0.173 e. The van der Waals surface area contributed by atoms with E-state index in [2.05, 4.69) is 15.9 Å². The van der Waals surface area contributed by atoms with Crippen LogP contribution in [0.1, 0.15) is 10.4 Å². The van der Waals surface area contributed by atoms with Crippen molar-refractivity contribution in [1.29, 1.82) is 0 Å². The van der Waals surface area contributed by atoms with Crippen LogP contribution in [0.4, 0.5) is 4.39 Å². The lowest BCUT2D eigenvalue weighted by molar-refractivity contribution is 0.102. The average Bonchev–Trinajstić information content (AvgIpc) is 2.09. The Morgan fingerprint density at radius 1 is 1.62 bits per heavy atom. The summed E-state index contributed by atoms with van der Waals surface area (Å²) in [7, 11) is 0. The highest BCUT2D eigenvalue weighted by Gasteiger charge is 2.09. The van der Waals surface area contributed by atoms with Gasteiger partial charge in [0.25, 0.3) is 0 Å². The first kappa shape index (κ1) is 10.7. The van der Waals surface area contributed by atoms with Crippen molar-refractivity contribution >= 4 is 33.5 Å². The van der Waals surface area contributed by atoms with Crippen LogP contribution in [0.5, 0.6) is 0 Å². The first-order valence-corrected chi connectivity index (χ1v) is 5.81. The number of hydrogen-bond acceptors (Lipinski definition) is 2. The van der Waals surface area contributed by atoms with Gasteiger partial charge in [0.1, 0.15) is 5.82 Å². The fraction of sp³-hybridized carbons (Fsp3) is 0.222. The fourth-order valence-electron chi connectivity index (χ4n) is 0.920. The predicted octanol–water partition coefficient (Wildman–Crippen LogP) is 3.13. The summed E-state index contributed by atoms with van der Waals surface area (Å²) in [5.74, 6) is -0.0614. The van der Waals surface area contributed by atoms with E-state index in [0.29, 0.717) is 15.8 Å². The quantitative estimate of drug-likeness (QED) is 0.779. The molecule has 0 fully saturated rings. The lowest BCUT2D eigenvalue weighted by atomic mass is 10.1. The summed E-state index contributed by atoms with van der Waals surface area (Å²) < 4.78 is 13.4. The molecule has 0 amide bonds. The molecule has 13 heavy (non-hydrogen) atoms. The van der Waals surface area contributed by atoms with Gasteiger partial charge in [-0.1, -0.05) is 15.9 Å². The molecule has 0 unspecified atom stereocenters. The highest BCUT2D eigenvalue weighted by Crippen LogP contribution is 2.19. The highest BCUT2D eigenvalue weighted by molar-refractivity contribution is 9.10. The maximum absolute atomic E-state index is 12.8. The second-order valence-corrected chi connectivity index (χ2v) is 4.20. The van der Waals surface area contributed by atoms with E-state index >= 15 is 0 Å². The molecule has 0 saturated heterocycles. The minimum Gasteiger partial charge on any atom is -0.293 e. The highest BCUT2D eigenvalue weighted by atomic mass is 79.9. The third-order valence-electron chi connectivity index (χ3n) is 1.50. The van der Waals surface area contributed by atoms with E-state index in [0.717, 1.165) is 0 Å². The Kier molecular flexibility index (Phi) is 3.93. The van der Waals surface area contributed by atoms with E-state index in [4.69, 9.17) is 0 Å². The summed E-state index contributed by atoms with van der Waals surface area (Å²) in [6.07, 6.45) is 1.84. The Morgan fingerprint density at radius 3 is 2.92 bits per heavy atom. The Labute approximate surface area is 88.8 Å². The molecular formula is C9H8BrFOS. The standard InChI is InChI=1S/C9H8BrFOS/c1-13-5-9(12)7-4-6(11)2-3-8(7)10/h2-4H,5H2,1H3. The molecule has 0 atom stereocenters. The Hall–Kier alpha value is -0.350. The summed E-state index contributed by atoms with van der Waals surface area (Å²) in [6, 6.07) is 4.12. The summed E-state index contributed by atoms with van der Waals surface area (Å²) in [4.78, 5) is 11.4. The second-order valence-electron chi connectivity index (χ2n) is 2.48. The monoisotopic (exact) mass is 262 g/mol. The van der Waals surface area contributed by atoms with Gasteiger partial charge in [0.2, 0.25) is 0 Å². The van der Waals surface area contributed by atoms with Crippen molar-refractivity contribution in [2.75, 3.05) is 12.0 Å². The number of Topliss-reactive ketones (excluding diaryl/α,β-unsaturated/α-hetero) is 1. The summed E-state index contributed by atoms with van der Waals surface area (Å²) in [6.45, 7) is 0. The molecule has 1 rings (SSSR count). The van der Waals surface area contributed by atoms with Crippen molar-refractivity contribution in [3.8, 4) is 0 Å². The van der Waals surface area contributed by atoms with Crippen LogP contribution in [0.3, 0.4) is 0 Å². The molecule has 0 saturated carbocycles. The third-order valence-corrected chi connectivity index (χ3v) is 2.75. The Balaban J connectivity index is 2.99. The molecule has 1 aromatic rings. The summed E-state index contributed by atoms with van der Waals surface area (Å²) in [5, 5.41) is 0. The topological polar surface area (TPSA) is 17.1 Å². The van der Waals surface area contributed by atoms with Crippen molar-refractivity contribution in [2.45, 2.75) is 0 Å². The van der Waals surface area contributed by atoms with Crippen LogP contribution < -0.4 is 0 Å². The van der Waals surface area contributed by atoms with E-state index in [1.807, 2.05) is 6.26 Å². The minimum absolute atomic E-state index is 0.0566. The molecule has 0 aromatic heterocycles. The largest absolute Gasteiger partial charge is 0.293 e. The van der Waals surface area contributed by atoms with Crippen LogP contribution in [-0.4, -0.2) is 17.8 Å². The van der Waals surface area contributed by atoms with Crippen molar-refractivity contribution in [3.63, 3.8) is 0 Å². The van der Waals surface area contributed by atoms with Gasteiger partial charge >= 0.3 is 0 Å². The molecule has 4 heteroatoms. The lowest BCUT2D eigenvalue weighted by Gasteiger charge is -2.01. The number of rotatable bonds is 3. The van der Waals surface area contributed by atoms with E-state index < -0.39 is 0 Å². The van der Waals surface area contributed by atoms with E-state index in [1.54, 1.807) is 6.07 Å². The number of halogens is 2. The van der Waals surface area contributed by atoms with Crippen molar-refractivity contribution in [2.24, 2.45) is 0 Å². The first-order chi connectivity index (χ1) is 6.15. The van der Waals surface area contributed by atoms with E-state index in [1.165, 1.54) is 23.9 Å². The molecule has 0 heterocycles. The number of ketones is 1. The lowest BCUT2D eigenvalue weighted by Crippen LogP contribution is -2.03.